The number of nitrogens with two attached hydrogens (primary N) is 1. The smallest absolute Gasteiger partial charge is 0.428 e. The first-order valence-corrected chi connectivity index (χ1v) is 8.02. The van der Waals surface area contributed by atoms with Crippen LogP contribution in [0.2, 0.25) is 0 Å². The summed E-state index contributed by atoms with van der Waals surface area (Å²) in [6.07, 6.45) is 0.647. The van der Waals surface area contributed by atoms with Crippen molar-refractivity contribution in [2.75, 3.05) is 5.73 Å². The van der Waals surface area contributed by atoms with E-state index in [0.717, 1.165) is 5.56 Å². The molecule has 2 rings (SSSR count). The summed E-state index contributed by atoms with van der Waals surface area (Å²) in [7, 11) is 0. The fraction of sp³-hybridized carbons (Fsp3) is 0.316. The Bertz CT molecular complexity index is 766. The molecule has 0 saturated heterocycles. The molecule has 0 aliphatic rings. The highest BCUT2D eigenvalue weighted by Crippen LogP contribution is 2.21. The van der Waals surface area contributed by atoms with Crippen molar-refractivity contribution in [3.8, 4) is 16.9 Å². The lowest BCUT2D eigenvalue weighted by Gasteiger charge is -2.18. The van der Waals surface area contributed by atoms with Crippen LogP contribution in [0.3, 0.4) is 0 Å². The van der Waals surface area contributed by atoms with E-state index in [4.69, 9.17) is 15.2 Å². The predicted octanol–water partition coefficient (Wildman–Crippen LogP) is 4.03. The number of nitrogen functional groups attached to an aromatic ring is 1. The van der Waals surface area contributed by atoms with Crippen LogP contribution in [0, 0.1) is 0 Å². The third kappa shape index (κ3) is 6.63. The topological polar surface area (TPSA) is 91.5 Å². The number of hydrogen-bond acceptors (Lipinski definition) is 6. The van der Waals surface area contributed by atoms with E-state index in [-0.39, 0.29) is 5.75 Å². The van der Waals surface area contributed by atoms with Crippen molar-refractivity contribution in [1.82, 2.24) is 4.98 Å². The molecule has 1 aromatic carbocycles. The monoisotopic (exact) mass is 344 g/mol. The van der Waals surface area contributed by atoms with Crippen LogP contribution in [0.25, 0.3) is 11.1 Å². The summed E-state index contributed by atoms with van der Waals surface area (Å²) in [6, 6.07) is 9.49. The van der Waals surface area contributed by atoms with Crippen LogP contribution in [0.5, 0.6) is 5.75 Å². The lowest BCUT2D eigenvalue weighted by molar-refractivity contribution is 0.0204. The average Bonchev–Trinajstić information content (AvgIpc) is 2.70. The van der Waals surface area contributed by atoms with Crippen LogP contribution in [-0.2, 0) is 4.74 Å². The quantitative estimate of drug-likeness (QED) is 0.827. The second-order valence-corrected chi connectivity index (χ2v) is 5.89. The summed E-state index contributed by atoms with van der Waals surface area (Å²) < 4.78 is 10.1. The van der Waals surface area contributed by atoms with Gasteiger partial charge in [-0.15, -0.1) is 0 Å². The van der Waals surface area contributed by atoms with Gasteiger partial charge in [-0.2, -0.15) is 0 Å². The van der Waals surface area contributed by atoms with Gasteiger partial charge in [0, 0.05) is 11.8 Å². The Morgan fingerprint density at radius 2 is 1.76 bits per heavy atom. The van der Waals surface area contributed by atoms with Crippen LogP contribution in [0.4, 0.5) is 10.6 Å². The Labute approximate surface area is 147 Å². The number of carbonyl (C=O) groups excluding carboxylic acids is 1. The molecule has 0 amide bonds. The molecule has 0 bridgehead atoms. The zero-order valence-corrected chi connectivity index (χ0v) is 15.2. The summed E-state index contributed by atoms with van der Waals surface area (Å²) in [4.78, 5) is 27.8. The van der Waals surface area contributed by atoms with Crippen molar-refractivity contribution >= 4 is 12.0 Å². The number of ether oxygens (including phenoxy) is 2. The molecule has 1 heterocycles. The van der Waals surface area contributed by atoms with Crippen LogP contribution >= 0.6 is 0 Å². The van der Waals surface area contributed by atoms with Gasteiger partial charge >= 0.3 is 6.16 Å². The average molecular weight is 344 g/mol. The van der Waals surface area contributed by atoms with Gasteiger partial charge in [-0.1, -0.05) is 26.0 Å². The van der Waals surface area contributed by atoms with Gasteiger partial charge in [-0.25, -0.2) is 9.78 Å². The Morgan fingerprint density at radius 1 is 1.08 bits per heavy atom. The van der Waals surface area contributed by atoms with E-state index in [1.165, 1.54) is 12.1 Å². The van der Waals surface area contributed by atoms with Gasteiger partial charge in [0.25, 0.3) is 0 Å². The first-order chi connectivity index (χ1) is 11.7. The van der Waals surface area contributed by atoms with E-state index in [1.807, 2.05) is 13.8 Å². The van der Waals surface area contributed by atoms with Gasteiger partial charge in [-0.3, -0.25) is 4.79 Å². The first-order valence-electron chi connectivity index (χ1n) is 8.02. The molecular formula is C19H24N2O4. The third-order valence-corrected chi connectivity index (χ3v) is 2.76. The maximum absolute atomic E-state index is 12.0. The Kier molecular flexibility index (Phi) is 7.11. The standard InChI is InChI=1S/C17H18N2O4.C2H6/c1-17(2,3)23-16(21)22-14-9-11(5-4-6-13(14)20)12-7-8-15(18)19-10-12;1-2/h4-10H,1-3H3,(H2,18,19);1-2H3. The number of pyridine rings is 1. The zero-order chi connectivity index (χ0) is 19.0. The third-order valence-electron chi connectivity index (χ3n) is 2.76. The highest BCUT2D eigenvalue weighted by Gasteiger charge is 2.19. The second kappa shape index (κ2) is 8.82. The van der Waals surface area contributed by atoms with Gasteiger partial charge in [0.15, 0.2) is 5.75 Å². The van der Waals surface area contributed by atoms with E-state index < -0.39 is 17.2 Å². The Morgan fingerprint density at radius 3 is 2.32 bits per heavy atom. The zero-order valence-electron chi connectivity index (χ0n) is 15.2. The van der Waals surface area contributed by atoms with E-state index >= 15 is 0 Å². The largest absolute Gasteiger partial charge is 0.514 e. The highest BCUT2D eigenvalue weighted by molar-refractivity contribution is 5.68. The molecule has 2 N–H and O–H groups in total. The van der Waals surface area contributed by atoms with E-state index in [1.54, 1.807) is 51.2 Å². The number of anilines is 1. The summed E-state index contributed by atoms with van der Waals surface area (Å²) in [5.41, 5.74) is 5.83. The molecule has 0 fully saturated rings. The Hall–Kier alpha value is -2.89. The number of hydrogen-bond donors (Lipinski definition) is 1. The molecule has 134 valence electrons. The lowest BCUT2D eigenvalue weighted by Crippen LogP contribution is -2.26. The molecule has 6 heteroatoms. The van der Waals surface area contributed by atoms with Gasteiger partial charge < -0.3 is 15.2 Å². The number of carbonyl (C=O) groups is 1. The van der Waals surface area contributed by atoms with Crippen molar-refractivity contribution in [3.63, 3.8) is 0 Å². The second-order valence-electron chi connectivity index (χ2n) is 5.89. The van der Waals surface area contributed by atoms with E-state index in [9.17, 15) is 9.59 Å². The minimum atomic E-state index is -0.929. The fourth-order valence-electron chi connectivity index (χ4n) is 1.78. The van der Waals surface area contributed by atoms with E-state index in [2.05, 4.69) is 4.98 Å². The van der Waals surface area contributed by atoms with Crippen LogP contribution < -0.4 is 15.9 Å². The van der Waals surface area contributed by atoms with Gasteiger partial charge in [0.2, 0.25) is 5.43 Å². The van der Waals surface area contributed by atoms with Crippen LogP contribution in [0.15, 0.2) is 47.4 Å². The van der Waals surface area contributed by atoms with Gasteiger partial charge in [-0.05, 0) is 50.6 Å². The molecule has 0 aliphatic carbocycles. The molecule has 0 spiro atoms. The first kappa shape index (κ1) is 20.2. The van der Waals surface area contributed by atoms with Gasteiger partial charge in [0.1, 0.15) is 11.4 Å². The number of rotatable bonds is 2. The fourth-order valence-corrected chi connectivity index (χ4v) is 1.78. The van der Waals surface area contributed by atoms with Crippen molar-refractivity contribution in [2.45, 2.75) is 40.2 Å². The maximum atomic E-state index is 12.0. The van der Waals surface area contributed by atoms with Crippen LogP contribution in [-0.4, -0.2) is 16.7 Å². The summed E-state index contributed by atoms with van der Waals surface area (Å²) >= 11 is 0. The summed E-state index contributed by atoms with van der Waals surface area (Å²) in [5.74, 6) is 0.278. The molecule has 0 atom stereocenters. The minimum Gasteiger partial charge on any atom is -0.428 e. The molecule has 25 heavy (non-hydrogen) atoms. The summed E-state index contributed by atoms with van der Waals surface area (Å²) in [5, 5.41) is 0. The number of aromatic nitrogens is 1. The molecule has 2 aromatic rings. The molecule has 0 saturated carbocycles. The van der Waals surface area contributed by atoms with E-state index in [0.29, 0.717) is 11.4 Å². The normalized spacial score (nSPS) is 10.3. The lowest BCUT2D eigenvalue weighted by atomic mass is 10.1. The van der Waals surface area contributed by atoms with Crippen LogP contribution in [0.1, 0.15) is 34.6 Å². The molecule has 1 aromatic heterocycles. The molecule has 0 radical (unpaired) electrons. The van der Waals surface area contributed by atoms with Crippen molar-refractivity contribution in [1.29, 1.82) is 0 Å². The molecule has 0 unspecified atom stereocenters. The number of nitrogens with zero attached hydrogens (tertiary/aromatic N) is 1. The molecular weight excluding hydrogens is 320 g/mol. The minimum absolute atomic E-state index is 0.115. The maximum Gasteiger partial charge on any atom is 0.514 e. The molecule has 0 aliphatic heterocycles. The highest BCUT2D eigenvalue weighted by atomic mass is 16.7. The summed E-state index contributed by atoms with van der Waals surface area (Å²) in [6.45, 7) is 9.13. The Balaban J connectivity index is 0.00000151. The van der Waals surface area contributed by atoms with Crippen molar-refractivity contribution in [2.24, 2.45) is 0 Å². The van der Waals surface area contributed by atoms with Gasteiger partial charge in [0.05, 0.1) is 0 Å². The predicted molar refractivity (Wildman–Crippen MR) is 98.6 cm³/mol. The molecule has 6 nitrogen and oxygen atoms in total. The van der Waals surface area contributed by atoms with Crippen molar-refractivity contribution in [3.05, 3.63) is 52.8 Å². The SMILES string of the molecule is CC.CC(C)(C)OC(=O)Oc1cc(-c2ccc(N)nc2)cccc1=O. The van der Waals surface area contributed by atoms with Crippen molar-refractivity contribution < 1.29 is 14.3 Å².